The van der Waals surface area contributed by atoms with Gasteiger partial charge in [0, 0.05) is 39.9 Å². The monoisotopic (exact) mass is 289 g/mol. The molecule has 0 unspecified atom stereocenters. The van der Waals surface area contributed by atoms with Gasteiger partial charge in [0.1, 0.15) is 0 Å². The van der Waals surface area contributed by atoms with E-state index in [1.54, 1.807) is 19.1 Å². The SMILES string of the molecule is CCNc1nc(N(CCOC)CCOC)c(F)cc1F. The molecule has 0 amide bonds. The fourth-order valence-electron chi connectivity index (χ4n) is 1.70. The topological polar surface area (TPSA) is 46.6 Å². The number of halogens is 2. The van der Waals surface area contributed by atoms with E-state index in [1.807, 2.05) is 6.92 Å². The van der Waals surface area contributed by atoms with Gasteiger partial charge in [0.25, 0.3) is 0 Å². The second-order valence-electron chi connectivity index (χ2n) is 4.13. The van der Waals surface area contributed by atoms with Gasteiger partial charge in [-0.05, 0) is 6.92 Å². The van der Waals surface area contributed by atoms with Crippen molar-refractivity contribution < 1.29 is 18.3 Å². The molecule has 0 aliphatic heterocycles. The third-order valence-corrected chi connectivity index (χ3v) is 2.69. The fraction of sp³-hybridized carbons (Fsp3) is 0.615. The number of anilines is 2. The van der Waals surface area contributed by atoms with E-state index >= 15 is 0 Å². The number of aromatic nitrogens is 1. The first-order valence-electron chi connectivity index (χ1n) is 6.46. The standard InChI is InChI=1S/C13H21F2N3O2/c1-4-16-12-10(14)9-11(15)13(17-12)18(5-7-19-2)6-8-20-3/h9H,4-8H2,1-3H3,(H,16,17). The Morgan fingerprint density at radius 1 is 1.15 bits per heavy atom. The van der Waals surface area contributed by atoms with Crippen molar-refractivity contribution in [1.82, 2.24) is 4.98 Å². The number of rotatable bonds is 9. The normalized spacial score (nSPS) is 10.7. The lowest BCUT2D eigenvalue weighted by Crippen LogP contribution is -2.32. The predicted molar refractivity (Wildman–Crippen MR) is 74.3 cm³/mol. The lowest BCUT2D eigenvalue weighted by molar-refractivity contribution is 0.189. The van der Waals surface area contributed by atoms with Crippen molar-refractivity contribution in [2.45, 2.75) is 6.92 Å². The number of hydrogen-bond acceptors (Lipinski definition) is 5. The lowest BCUT2D eigenvalue weighted by Gasteiger charge is -2.24. The van der Waals surface area contributed by atoms with E-state index in [4.69, 9.17) is 9.47 Å². The van der Waals surface area contributed by atoms with Crippen LogP contribution < -0.4 is 10.2 Å². The third-order valence-electron chi connectivity index (χ3n) is 2.69. The molecule has 0 aliphatic rings. The minimum absolute atomic E-state index is 0.0451. The molecule has 0 saturated carbocycles. The van der Waals surface area contributed by atoms with Gasteiger partial charge in [-0.1, -0.05) is 0 Å². The molecule has 0 radical (unpaired) electrons. The van der Waals surface area contributed by atoms with Gasteiger partial charge in [-0.2, -0.15) is 0 Å². The second kappa shape index (κ2) is 8.65. The Balaban J connectivity index is 3.00. The van der Waals surface area contributed by atoms with Crippen molar-refractivity contribution in [3.8, 4) is 0 Å². The second-order valence-corrected chi connectivity index (χ2v) is 4.13. The Kier molecular flexibility index (Phi) is 7.17. The van der Waals surface area contributed by atoms with Crippen LogP contribution in [-0.2, 0) is 9.47 Å². The molecule has 0 aliphatic carbocycles. The summed E-state index contributed by atoms with van der Waals surface area (Å²) in [5.74, 6) is -1.26. The Labute approximate surface area is 117 Å². The largest absolute Gasteiger partial charge is 0.383 e. The molecular formula is C13H21F2N3O2. The maximum Gasteiger partial charge on any atom is 0.168 e. The van der Waals surface area contributed by atoms with Gasteiger partial charge in [0.05, 0.1) is 13.2 Å². The Bertz CT molecular complexity index is 411. The molecule has 1 aromatic rings. The van der Waals surface area contributed by atoms with Gasteiger partial charge in [-0.15, -0.1) is 0 Å². The predicted octanol–water partition coefficient (Wildman–Crippen LogP) is 1.89. The summed E-state index contributed by atoms with van der Waals surface area (Å²) in [4.78, 5) is 5.69. The van der Waals surface area contributed by atoms with Gasteiger partial charge < -0.3 is 19.7 Å². The maximum atomic E-state index is 13.9. The van der Waals surface area contributed by atoms with E-state index in [0.717, 1.165) is 6.07 Å². The van der Waals surface area contributed by atoms with Crippen LogP contribution in [0.1, 0.15) is 6.92 Å². The summed E-state index contributed by atoms with van der Waals surface area (Å²) in [6.07, 6.45) is 0. The van der Waals surface area contributed by atoms with Crippen molar-refractivity contribution in [3.63, 3.8) is 0 Å². The molecule has 0 aromatic carbocycles. The summed E-state index contributed by atoms with van der Waals surface area (Å²) in [7, 11) is 3.13. The van der Waals surface area contributed by atoms with Crippen LogP contribution in [0.3, 0.4) is 0 Å². The number of methoxy groups -OCH3 is 2. The van der Waals surface area contributed by atoms with Gasteiger partial charge in [0.2, 0.25) is 0 Å². The molecule has 0 fully saturated rings. The number of ether oxygens (including phenoxy) is 2. The quantitative estimate of drug-likeness (QED) is 0.752. The van der Waals surface area contributed by atoms with Gasteiger partial charge in [-0.3, -0.25) is 0 Å². The summed E-state index contributed by atoms with van der Waals surface area (Å²) < 4.78 is 37.5. The minimum Gasteiger partial charge on any atom is -0.383 e. The zero-order chi connectivity index (χ0) is 15.0. The average molecular weight is 289 g/mol. The lowest BCUT2D eigenvalue weighted by atomic mass is 10.3. The smallest absolute Gasteiger partial charge is 0.168 e. The highest BCUT2D eigenvalue weighted by Gasteiger charge is 2.17. The van der Waals surface area contributed by atoms with Gasteiger partial charge in [-0.25, -0.2) is 13.8 Å². The van der Waals surface area contributed by atoms with E-state index in [9.17, 15) is 8.78 Å². The minimum atomic E-state index is -0.702. The molecule has 0 saturated heterocycles. The molecule has 1 rings (SSSR count). The van der Waals surface area contributed by atoms with Crippen LogP contribution in [0, 0.1) is 11.6 Å². The highest BCUT2D eigenvalue weighted by molar-refractivity contribution is 5.49. The van der Waals surface area contributed by atoms with Crippen molar-refractivity contribution in [1.29, 1.82) is 0 Å². The summed E-state index contributed by atoms with van der Waals surface area (Å²) in [6, 6.07) is 0.840. The highest BCUT2D eigenvalue weighted by Crippen LogP contribution is 2.22. The summed E-state index contributed by atoms with van der Waals surface area (Å²) in [5.41, 5.74) is 0. The molecule has 20 heavy (non-hydrogen) atoms. The molecule has 114 valence electrons. The van der Waals surface area contributed by atoms with Crippen LogP contribution in [0.15, 0.2) is 6.07 Å². The number of nitrogens with one attached hydrogen (secondary N) is 1. The van der Waals surface area contributed by atoms with Crippen molar-refractivity contribution in [2.24, 2.45) is 0 Å². The van der Waals surface area contributed by atoms with Gasteiger partial charge in [0.15, 0.2) is 23.3 Å². The van der Waals surface area contributed by atoms with Crippen LogP contribution >= 0.6 is 0 Å². The van der Waals surface area contributed by atoms with Crippen molar-refractivity contribution in [2.75, 3.05) is 57.3 Å². The number of nitrogens with zero attached hydrogens (tertiary/aromatic N) is 2. The third kappa shape index (κ3) is 4.57. The van der Waals surface area contributed by atoms with Crippen LogP contribution in [-0.4, -0.2) is 52.1 Å². The molecular weight excluding hydrogens is 268 g/mol. The van der Waals surface area contributed by atoms with E-state index in [-0.39, 0.29) is 11.6 Å². The van der Waals surface area contributed by atoms with Crippen molar-refractivity contribution >= 4 is 11.6 Å². The molecule has 1 heterocycles. The molecule has 7 heteroatoms. The maximum absolute atomic E-state index is 13.9. The molecule has 5 nitrogen and oxygen atoms in total. The first-order valence-corrected chi connectivity index (χ1v) is 6.46. The molecule has 0 spiro atoms. The van der Waals surface area contributed by atoms with Crippen LogP contribution in [0.2, 0.25) is 0 Å². The average Bonchev–Trinajstić information content (AvgIpc) is 2.43. The first kappa shape index (κ1) is 16.6. The van der Waals surface area contributed by atoms with E-state index in [0.29, 0.717) is 32.8 Å². The highest BCUT2D eigenvalue weighted by atomic mass is 19.1. The Morgan fingerprint density at radius 3 is 2.25 bits per heavy atom. The molecule has 1 aromatic heterocycles. The summed E-state index contributed by atoms with van der Waals surface area (Å²) in [5, 5.41) is 2.77. The summed E-state index contributed by atoms with van der Waals surface area (Å²) in [6.45, 7) is 4.04. The fourth-order valence-corrected chi connectivity index (χ4v) is 1.70. The Morgan fingerprint density at radius 2 is 1.75 bits per heavy atom. The van der Waals surface area contributed by atoms with E-state index < -0.39 is 11.6 Å². The molecule has 0 bridgehead atoms. The van der Waals surface area contributed by atoms with Crippen LogP contribution in [0.25, 0.3) is 0 Å². The number of hydrogen-bond donors (Lipinski definition) is 1. The molecule has 0 atom stereocenters. The van der Waals surface area contributed by atoms with Crippen molar-refractivity contribution in [3.05, 3.63) is 17.7 Å². The van der Waals surface area contributed by atoms with Crippen LogP contribution in [0.4, 0.5) is 20.4 Å². The first-order chi connectivity index (χ1) is 9.63. The zero-order valence-electron chi connectivity index (χ0n) is 12.1. The Hall–Kier alpha value is -1.47. The van der Waals surface area contributed by atoms with E-state index in [1.165, 1.54) is 0 Å². The summed E-state index contributed by atoms with van der Waals surface area (Å²) >= 11 is 0. The van der Waals surface area contributed by atoms with E-state index in [2.05, 4.69) is 10.3 Å². The zero-order valence-corrected chi connectivity index (χ0v) is 12.1. The van der Waals surface area contributed by atoms with Gasteiger partial charge >= 0.3 is 0 Å². The van der Waals surface area contributed by atoms with Crippen LogP contribution in [0.5, 0.6) is 0 Å². The number of pyridine rings is 1. The molecule has 1 N–H and O–H groups in total.